The number of rotatable bonds is 5. The highest BCUT2D eigenvalue weighted by Gasteiger charge is 2.04. The molecule has 0 bridgehead atoms. The van der Waals surface area contributed by atoms with E-state index >= 15 is 0 Å². The van der Waals surface area contributed by atoms with E-state index in [4.69, 9.17) is 4.42 Å². The summed E-state index contributed by atoms with van der Waals surface area (Å²) in [6.45, 7) is 0. The van der Waals surface area contributed by atoms with Crippen molar-refractivity contribution in [3.8, 4) is 0 Å². The molecule has 94 valence electrons. The van der Waals surface area contributed by atoms with Gasteiger partial charge in [-0.3, -0.25) is 4.79 Å². The second kappa shape index (κ2) is 6.84. The minimum absolute atomic E-state index is 0.00792. The number of amides is 1. The van der Waals surface area contributed by atoms with Gasteiger partial charge < -0.3 is 9.73 Å². The van der Waals surface area contributed by atoms with Crippen molar-refractivity contribution >= 4 is 45.9 Å². The molecule has 1 N–H and O–H groups in total. The zero-order chi connectivity index (χ0) is 12.8. The van der Waals surface area contributed by atoms with Crippen molar-refractivity contribution in [3.63, 3.8) is 0 Å². The average molecular weight is 373 g/mol. The van der Waals surface area contributed by atoms with E-state index in [9.17, 15) is 4.79 Å². The second-order valence-electron chi connectivity index (χ2n) is 3.63. The fourth-order valence-electron chi connectivity index (χ4n) is 1.40. The monoisotopic (exact) mass is 373 g/mol. The molecule has 0 atom stereocenters. The molecular weight excluding hydrogens is 361 g/mol. The summed E-state index contributed by atoms with van der Waals surface area (Å²) in [4.78, 5) is 11.7. The van der Waals surface area contributed by atoms with Gasteiger partial charge in [0.25, 0.3) is 0 Å². The van der Waals surface area contributed by atoms with Gasteiger partial charge in [-0.1, -0.05) is 6.07 Å². The molecule has 18 heavy (non-hydrogen) atoms. The molecule has 0 aliphatic heterocycles. The van der Waals surface area contributed by atoms with Crippen LogP contribution in [0.1, 0.15) is 5.76 Å². The minimum Gasteiger partial charge on any atom is -0.468 e. The fourth-order valence-corrected chi connectivity index (χ4v) is 2.67. The highest BCUT2D eigenvalue weighted by Crippen LogP contribution is 2.15. The third-order valence-corrected chi connectivity index (χ3v) is 3.79. The van der Waals surface area contributed by atoms with Crippen LogP contribution in [0.25, 0.3) is 0 Å². The maximum atomic E-state index is 11.7. The lowest BCUT2D eigenvalue weighted by atomic mass is 10.3. The number of furan rings is 1. The van der Waals surface area contributed by atoms with Crippen LogP contribution in [-0.4, -0.2) is 11.7 Å². The first kappa shape index (κ1) is 13.5. The molecular formula is C13H12INO2S. The molecule has 0 spiro atoms. The number of hydrogen-bond donors (Lipinski definition) is 1. The Bertz CT molecular complexity index is 513. The van der Waals surface area contributed by atoms with Gasteiger partial charge in [0.2, 0.25) is 5.91 Å². The molecule has 0 unspecified atom stereocenters. The van der Waals surface area contributed by atoms with Crippen LogP contribution in [0.4, 0.5) is 5.69 Å². The zero-order valence-corrected chi connectivity index (χ0v) is 12.5. The van der Waals surface area contributed by atoms with Crippen LogP contribution in [0.5, 0.6) is 0 Å². The van der Waals surface area contributed by atoms with Crippen LogP contribution >= 0.6 is 34.4 Å². The molecule has 2 aromatic rings. The fraction of sp³-hybridized carbons (Fsp3) is 0.154. The number of anilines is 1. The molecule has 1 amide bonds. The molecule has 0 saturated heterocycles. The third-order valence-electron chi connectivity index (χ3n) is 2.17. The van der Waals surface area contributed by atoms with E-state index in [1.807, 2.05) is 36.4 Å². The molecule has 3 nitrogen and oxygen atoms in total. The van der Waals surface area contributed by atoms with Crippen LogP contribution in [0, 0.1) is 3.57 Å². The quantitative estimate of drug-likeness (QED) is 0.812. The number of hydrogen-bond acceptors (Lipinski definition) is 3. The maximum Gasteiger partial charge on any atom is 0.234 e. The second-order valence-corrected chi connectivity index (χ2v) is 5.86. The van der Waals surface area contributed by atoms with Gasteiger partial charge in [-0.05, 0) is 52.9 Å². The lowest BCUT2D eigenvalue weighted by molar-refractivity contribution is -0.113. The first-order valence-corrected chi connectivity index (χ1v) is 7.63. The Morgan fingerprint density at radius 2 is 2.22 bits per heavy atom. The topological polar surface area (TPSA) is 42.2 Å². The van der Waals surface area contributed by atoms with Crippen molar-refractivity contribution in [2.24, 2.45) is 0 Å². The third kappa shape index (κ3) is 4.38. The SMILES string of the molecule is O=C(CSCc1ccco1)Nc1cccc(I)c1. The lowest BCUT2D eigenvalue weighted by Gasteiger charge is -2.04. The molecule has 0 fully saturated rings. The summed E-state index contributed by atoms with van der Waals surface area (Å²) in [5.41, 5.74) is 0.838. The van der Waals surface area contributed by atoms with Crippen molar-refractivity contribution in [2.45, 2.75) is 5.75 Å². The van der Waals surface area contributed by atoms with Gasteiger partial charge in [-0.25, -0.2) is 0 Å². The lowest BCUT2D eigenvalue weighted by Crippen LogP contribution is -2.14. The van der Waals surface area contributed by atoms with Crippen molar-refractivity contribution in [1.29, 1.82) is 0 Å². The highest BCUT2D eigenvalue weighted by molar-refractivity contribution is 14.1. The van der Waals surface area contributed by atoms with Crippen LogP contribution in [0.3, 0.4) is 0 Å². The number of nitrogens with one attached hydrogen (secondary N) is 1. The Morgan fingerprint density at radius 3 is 2.94 bits per heavy atom. The zero-order valence-electron chi connectivity index (χ0n) is 9.56. The average Bonchev–Trinajstić information content (AvgIpc) is 2.82. The highest BCUT2D eigenvalue weighted by atomic mass is 127. The standard InChI is InChI=1S/C13H12INO2S/c14-10-3-1-4-11(7-10)15-13(16)9-18-8-12-5-2-6-17-12/h1-7H,8-9H2,(H,15,16). The summed E-state index contributed by atoms with van der Waals surface area (Å²) in [7, 11) is 0. The number of halogens is 1. The van der Waals surface area contributed by atoms with Gasteiger partial charge in [-0.2, -0.15) is 0 Å². The first-order valence-electron chi connectivity index (χ1n) is 5.39. The van der Waals surface area contributed by atoms with Crippen LogP contribution in [0.15, 0.2) is 47.1 Å². The predicted octanol–water partition coefficient (Wildman–Crippen LogP) is 3.76. The summed E-state index contributed by atoms with van der Waals surface area (Å²) < 4.78 is 6.30. The largest absolute Gasteiger partial charge is 0.468 e. The van der Waals surface area contributed by atoms with E-state index in [2.05, 4.69) is 27.9 Å². The normalized spacial score (nSPS) is 10.3. The van der Waals surface area contributed by atoms with Crippen LogP contribution in [-0.2, 0) is 10.5 Å². The molecule has 1 aromatic heterocycles. The predicted molar refractivity (Wildman–Crippen MR) is 82.7 cm³/mol. The molecule has 1 aromatic carbocycles. The van der Waals surface area contributed by atoms with E-state index in [1.54, 1.807) is 6.26 Å². The Labute approximate surface area is 123 Å². The van der Waals surface area contributed by atoms with Gasteiger partial charge in [0.15, 0.2) is 0 Å². The van der Waals surface area contributed by atoms with Crippen LogP contribution < -0.4 is 5.32 Å². The number of thioether (sulfide) groups is 1. The number of benzene rings is 1. The van der Waals surface area contributed by atoms with Crippen molar-refractivity contribution in [3.05, 3.63) is 52.0 Å². The Kier molecular flexibility index (Phi) is 5.12. The Balaban J connectivity index is 1.75. The van der Waals surface area contributed by atoms with Crippen molar-refractivity contribution < 1.29 is 9.21 Å². The van der Waals surface area contributed by atoms with E-state index in [1.165, 1.54) is 11.8 Å². The van der Waals surface area contributed by atoms with Gasteiger partial charge in [0.1, 0.15) is 5.76 Å². The van der Waals surface area contributed by atoms with E-state index in [-0.39, 0.29) is 5.91 Å². The summed E-state index contributed by atoms with van der Waals surface area (Å²) in [5.74, 6) is 2.04. The summed E-state index contributed by atoms with van der Waals surface area (Å²) in [5, 5.41) is 2.87. The molecule has 0 saturated carbocycles. The summed E-state index contributed by atoms with van der Waals surface area (Å²) in [6.07, 6.45) is 1.64. The molecule has 0 radical (unpaired) electrons. The molecule has 2 rings (SSSR count). The molecule has 5 heteroatoms. The van der Waals surface area contributed by atoms with Gasteiger partial charge in [-0.15, -0.1) is 11.8 Å². The molecule has 0 aliphatic carbocycles. The smallest absolute Gasteiger partial charge is 0.234 e. The number of carbonyl (C=O) groups is 1. The van der Waals surface area contributed by atoms with Gasteiger partial charge >= 0.3 is 0 Å². The van der Waals surface area contributed by atoms with Crippen molar-refractivity contribution in [2.75, 3.05) is 11.1 Å². The molecule has 0 aliphatic rings. The first-order chi connectivity index (χ1) is 8.74. The number of carbonyl (C=O) groups excluding carboxylic acids is 1. The van der Waals surface area contributed by atoms with Crippen LogP contribution in [0.2, 0.25) is 0 Å². The van der Waals surface area contributed by atoms with Crippen molar-refractivity contribution in [1.82, 2.24) is 0 Å². The Morgan fingerprint density at radius 1 is 1.33 bits per heavy atom. The van der Waals surface area contributed by atoms with Gasteiger partial charge in [0, 0.05) is 9.26 Å². The summed E-state index contributed by atoms with van der Waals surface area (Å²) >= 11 is 3.75. The van der Waals surface area contributed by atoms with Gasteiger partial charge in [0.05, 0.1) is 17.8 Å². The Hall–Kier alpha value is -0.950. The molecule has 1 heterocycles. The van der Waals surface area contributed by atoms with E-state index in [0.717, 1.165) is 15.0 Å². The maximum absolute atomic E-state index is 11.7. The van der Waals surface area contributed by atoms with E-state index in [0.29, 0.717) is 11.5 Å². The summed E-state index contributed by atoms with van der Waals surface area (Å²) in [6, 6.07) is 11.5. The minimum atomic E-state index is 0.00792. The van der Waals surface area contributed by atoms with E-state index < -0.39 is 0 Å².